The Labute approximate surface area is 248 Å². The van der Waals surface area contributed by atoms with Gasteiger partial charge in [0.05, 0.1) is 26.1 Å². The van der Waals surface area contributed by atoms with Crippen molar-refractivity contribution < 1.29 is 43.5 Å². The van der Waals surface area contributed by atoms with Crippen molar-refractivity contribution in [3.05, 3.63) is 17.1 Å². The van der Waals surface area contributed by atoms with Gasteiger partial charge in [-0.05, 0) is 13.8 Å². The lowest BCUT2D eigenvalue weighted by atomic mass is 10.0. The van der Waals surface area contributed by atoms with Gasteiger partial charge in [0, 0.05) is 41.7 Å². The second kappa shape index (κ2) is 10.5. The number of piperidine rings is 1. The largest absolute Gasteiger partial charge is 0.478 e. The number of fused-ring (bicyclic) bond motifs is 2. The molecule has 0 spiro atoms. The van der Waals surface area contributed by atoms with Crippen molar-refractivity contribution in [3.8, 4) is 0 Å². The average molecular weight is 624 g/mol. The van der Waals surface area contributed by atoms with Gasteiger partial charge in [0.15, 0.2) is 5.13 Å². The van der Waals surface area contributed by atoms with Crippen LogP contribution in [-0.4, -0.2) is 121 Å². The molecule has 4 heterocycles. The van der Waals surface area contributed by atoms with E-state index in [2.05, 4.69) is 25.1 Å². The Hall–Kier alpha value is -3.77. The molecule has 2 unspecified atom stereocenters. The molecule has 3 aliphatic heterocycles. The van der Waals surface area contributed by atoms with Gasteiger partial charge in [-0.15, -0.1) is 11.8 Å². The quantitative estimate of drug-likeness (QED) is 0.0870. The van der Waals surface area contributed by atoms with Crippen LogP contribution in [0.3, 0.4) is 0 Å². The molecule has 3 fully saturated rings. The predicted molar refractivity (Wildman–Crippen MR) is 149 cm³/mol. The highest BCUT2D eigenvalue weighted by Gasteiger charge is 2.65. The fourth-order valence-corrected chi connectivity index (χ4v) is 7.68. The summed E-state index contributed by atoms with van der Waals surface area (Å²) < 4.78 is 4.52. The van der Waals surface area contributed by atoms with Gasteiger partial charge in [-0.3, -0.25) is 19.3 Å². The first-order chi connectivity index (χ1) is 19.7. The Morgan fingerprint density at radius 3 is 2.45 bits per heavy atom. The van der Waals surface area contributed by atoms with Gasteiger partial charge in [-0.2, -0.15) is 9.36 Å². The van der Waals surface area contributed by atoms with Gasteiger partial charge >= 0.3 is 11.9 Å². The van der Waals surface area contributed by atoms with Crippen molar-refractivity contribution in [2.24, 2.45) is 22.9 Å². The number of nitrogens with one attached hydrogen (secondary N) is 2. The van der Waals surface area contributed by atoms with Gasteiger partial charge in [-0.25, -0.2) is 9.59 Å². The molecule has 226 valence electrons. The van der Waals surface area contributed by atoms with Gasteiger partial charge in [0.25, 0.3) is 11.8 Å². The Bertz CT molecular complexity index is 1430. The first-order valence-corrected chi connectivity index (χ1v) is 14.8. The van der Waals surface area contributed by atoms with Crippen LogP contribution in [0.2, 0.25) is 0 Å². The van der Waals surface area contributed by atoms with Crippen molar-refractivity contribution >= 4 is 63.8 Å². The number of quaternary nitrogens is 1. The van der Waals surface area contributed by atoms with Crippen LogP contribution >= 0.6 is 23.3 Å². The maximum atomic E-state index is 13.2. The van der Waals surface area contributed by atoms with Crippen LogP contribution in [0.25, 0.3) is 0 Å². The predicted octanol–water partition coefficient (Wildman–Crippen LogP) is -1.49. The number of hydrogen-bond acceptors (Lipinski definition) is 12. The molecule has 1 aromatic rings. The lowest BCUT2D eigenvalue weighted by molar-refractivity contribution is -0.898. The number of anilines is 1. The van der Waals surface area contributed by atoms with E-state index in [9.17, 15) is 34.2 Å². The van der Waals surface area contributed by atoms with E-state index >= 15 is 0 Å². The van der Waals surface area contributed by atoms with E-state index in [1.165, 1.54) is 30.5 Å². The molecule has 0 bridgehead atoms. The highest BCUT2D eigenvalue weighted by molar-refractivity contribution is 8.00. The van der Waals surface area contributed by atoms with Gasteiger partial charge in [0.1, 0.15) is 23.7 Å². The number of aromatic nitrogens is 2. The fourth-order valence-electron chi connectivity index (χ4n) is 5.91. The number of carboxylic acids is 2. The third-order valence-electron chi connectivity index (χ3n) is 8.04. The molecule has 1 aromatic heterocycles. The maximum absolute atomic E-state index is 13.2. The zero-order chi connectivity index (χ0) is 30.7. The summed E-state index contributed by atoms with van der Waals surface area (Å²) in [5.41, 5.74) is 3.89. The van der Waals surface area contributed by atoms with Gasteiger partial charge < -0.3 is 35.9 Å². The van der Waals surface area contributed by atoms with Gasteiger partial charge in [0.2, 0.25) is 23.0 Å². The molecule has 42 heavy (non-hydrogen) atoms. The number of β-lactam (4-membered cyclic amide) rings is 1. The Morgan fingerprint density at radius 1 is 1.24 bits per heavy atom. The molecule has 4 aliphatic rings. The van der Waals surface area contributed by atoms with Crippen LogP contribution in [0.4, 0.5) is 5.13 Å². The Morgan fingerprint density at radius 2 is 1.90 bits per heavy atom. The van der Waals surface area contributed by atoms with Crippen molar-refractivity contribution in [1.29, 1.82) is 0 Å². The monoisotopic (exact) mass is 623 g/mol. The molecule has 1 saturated carbocycles. The summed E-state index contributed by atoms with van der Waals surface area (Å²) in [6.07, 6.45) is 0. The summed E-state index contributed by atoms with van der Waals surface area (Å²) in [6, 6.07) is -1.08. The van der Waals surface area contributed by atoms with Crippen molar-refractivity contribution in [2.75, 3.05) is 45.2 Å². The van der Waals surface area contributed by atoms with E-state index in [0.717, 1.165) is 24.6 Å². The highest BCUT2D eigenvalue weighted by atomic mass is 32.2. The molecule has 0 aromatic carbocycles. The molecular weight excluding hydrogens is 592 g/mol. The molecule has 16 nitrogen and oxygen atoms in total. The SMILES string of the molecule is CNC(=O)C1C2C[N+](C)(CC3=C(C(=O)O)N4C(=O)[C@@H](NC(=O)/C(=N\OC(C)(C)C(=O)O)c5nsc(N)n5)[C@@H]4SC3)CC21. The molecule has 18 heteroatoms. The number of hydrogen-bond donors (Lipinski definition) is 5. The Kier molecular flexibility index (Phi) is 7.43. The Balaban J connectivity index is 1.30. The summed E-state index contributed by atoms with van der Waals surface area (Å²) in [6.45, 7) is 4.39. The van der Waals surface area contributed by atoms with E-state index in [4.69, 9.17) is 10.6 Å². The molecule has 3 amide bonds. The molecule has 1 aliphatic carbocycles. The second-order valence-electron chi connectivity index (χ2n) is 11.5. The number of oxime groups is 1. The molecule has 4 atom stereocenters. The number of carbonyl (C=O) groups excluding carboxylic acids is 3. The number of nitrogens with zero attached hydrogens (tertiary/aromatic N) is 5. The van der Waals surface area contributed by atoms with Crippen LogP contribution < -0.4 is 16.4 Å². The van der Waals surface area contributed by atoms with Crippen LogP contribution in [0.15, 0.2) is 16.4 Å². The molecule has 0 radical (unpaired) electrons. The number of rotatable bonds is 10. The number of likely N-dealkylation sites (N-methyl/N-ethyl adjacent to an activating group) is 1. The number of aliphatic carboxylic acids is 2. The average Bonchev–Trinajstić information content (AvgIpc) is 3.20. The third-order valence-corrected chi connectivity index (χ3v) is 9.92. The zero-order valence-corrected chi connectivity index (χ0v) is 24.8. The lowest BCUT2D eigenvalue weighted by Gasteiger charge is -2.50. The normalized spacial score (nSPS) is 30.2. The number of thioether (sulfide) groups is 1. The molecule has 5 rings (SSSR count). The van der Waals surface area contributed by atoms with Crippen molar-refractivity contribution in [2.45, 2.75) is 30.9 Å². The smallest absolute Gasteiger partial charge is 0.352 e. The first kappa shape index (κ1) is 29.7. The fraction of sp³-hybridized carbons (Fsp3) is 0.583. The lowest BCUT2D eigenvalue weighted by Crippen LogP contribution is -2.71. The van der Waals surface area contributed by atoms with E-state index < -0.39 is 46.5 Å². The van der Waals surface area contributed by atoms with Crippen LogP contribution in [0.5, 0.6) is 0 Å². The number of carboxylic acid groups (broad SMARTS) is 2. The number of nitrogen functional groups attached to an aromatic ring is 1. The van der Waals surface area contributed by atoms with Crippen LogP contribution in [0, 0.1) is 17.8 Å². The summed E-state index contributed by atoms with van der Waals surface area (Å²) in [5.74, 6) is -3.41. The summed E-state index contributed by atoms with van der Waals surface area (Å²) >= 11 is 2.11. The minimum atomic E-state index is -1.79. The summed E-state index contributed by atoms with van der Waals surface area (Å²) in [5, 5.41) is 27.7. The van der Waals surface area contributed by atoms with E-state index in [0.29, 0.717) is 22.4 Å². The first-order valence-electron chi connectivity index (χ1n) is 13.0. The van der Waals surface area contributed by atoms with Crippen LogP contribution in [-0.2, 0) is 28.8 Å². The number of carbonyl (C=O) groups is 5. The molecule has 6 N–H and O–H groups in total. The minimum Gasteiger partial charge on any atom is -0.478 e. The summed E-state index contributed by atoms with van der Waals surface area (Å²) in [4.78, 5) is 72.5. The molecular formula is C24H31N8O8S2+. The maximum Gasteiger partial charge on any atom is 0.352 e. The van der Waals surface area contributed by atoms with E-state index in [1.807, 2.05) is 7.05 Å². The highest BCUT2D eigenvalue weighted by Crippen LogP contribution is 2.54. The van der Waals surface area contributed by atoms with E-state index in [-0.39, 0.29) is 40.3 Å². The van der Waals surface area contributed by atoms with E-state index in [1.54, 1.807) is 7.05 Å². The summed E-state index contributed by atoms with van der Waals surface area (Å²) in [7, 11) is 3.66. The van der Waals surface area contributed by atoms with Gasteiger partial charge in [-0.1, -0.05) is 5.16 Å². The topological polar surface area (TPSA) is 226 Å². The van der Waals surface area contributed by atoms with Crippen molar-refractivity contribution in [1.82, 2.24) is 24.9 Å². The number of likely N-dealkylation sites (tertiary alicyclic amines) is 1. The number of amides is 3. The molecule has 2 saturated heterocycles. The van der Waals surface area contributed by atoms with Crippen molar-refractivity contribution in [3.63, 3.8) is 0 Å². The van der Waals surface area contributed by atoms with Crippen LogP contribution in [0.1, 0.15) is 19.7 Å². The minimum absolute atomic E-state index is 0.00511. The third kappa shape index (κ3) is 5.17. The number of nitrogens with two attached hydrogens (primary N) is 1. The second-order valence-corrected chi connectivity index (χ2v) is 13.4. The standard InChI is InChI=1S/C24H30N8O8S2/c1-24(2,22(38)39)40-29-13(16-28-23(25)42-30-16)18(34)27-14-19(35)31-15(21(36)37)9(8-41-20(14)31)5-32(4)6-10-11(7-32)12(10)17(33)26-3/h10-12,14,20H,5-8H2,1-4H3,(H5-,25,26,27,28,30,33,34,36,37,38,39)/p+1/b29-13-/t10?,11?,12?,14-,20+,32?/m1/s1. The zero-order valence-electron chi connectivity index (χ0n) is 23.2.